The molecule has 1 heterocycles. The highest BCUT2D eigenvalue weighted by Crippen LogP contribution is 2.29. The van der Waals surface area contributed by atoms with Gasteiger partial charge in [-0.25, -0.2) is 8.42 Å². The summed E-state index contributed by atoms with van der Waals surface area (Å²) in [6, 6.07) is 5.37. The molecule has 0 radical (unpaired) electrons. The summed E-state index contributed by atoms with van der Waals surface area (Å²) in [6.07, 6.45) is -4.63. The zero-order chi connectivity index (χ0) is 24.8. The molecule has 188 valence electrons. The molecule has 34 heavy (non-hydrogen) atoms. The number of pyridine rings is 1. The van der Waals surface area contributed by atoms with Crippen LogP contribution in [0.4, 0.5) is 18.9 Å². The van der Waals surface area contributed by atoms with E-state index in [2.05, 4.69) is 10.5 Å². The number of nitrogens with two attached hydrogens (primary N) is 2. The fourth-order valence-electron chi connectivity index (χ4n) is 2.53. The SMILES string of the molecule is C.Cc1ccc(NS(=O)(=O)c2ccc(C(F)(F)F)cc2)c(=O)n1CC(=O)NCCON=C(N)N. The van der Waals surface area contributed by atoms with Gasteiger partial charge in [0.15, 0.2) is 0 Å². The molecular weight excluding hydrogens is 481 g/mol. The number of alkyl halides is 3. The van der Waals surface area contributed by atoms with E-state index in [0.717, 1.165) is 16.7 Å². The number of guanidine groups is 1. The van der Waals surface area contributed by atoms with Crippen LogP contribution in [0.25, 0.3) is 0 Å². The number of sulfonamides is 1. The van der Waals surface area contributed by atoms with Crippen molar-refractivity contribution in [3.63, 3.8) is 0 Å². The van der Waals surface area contributed by atoms with Gasteiger partial charge < -0.3 is 26.2 Å². The first-order chi connectivity index (χ1) is 15.3. The lowest BCUT2D eigenvalue weighted by atomic mass is 10.2. The quantitative estimate of drug-likeness (QED) is 0.170. The summed E-state index contributed by atoms with van der Waals surface area (Å²) in [4.78, 5) is 29.0. The molecule has 0 unspecified atom stereocenters. The average Bonchev–Trinajstić information content (AvgIpc) is 2.72. The van der Waals surface area contributed by atoms with E-state index < -0.39 is 44.7 Å². The van der Waals surface area contributed by atoms with Gasteiger partial charge >= 0.3 is 6.18 Å². The Kier molecular flexibility index (Phi) is 9.48. The third kappa shape index (κ3) is 7.68. The number of anilines is 1. The molecule has 0 atom stereocenters. The lowest BCUT2D eigenvalue weighted by Crippen LogP contribution is -2.36. The zero-order valence-electron chi connectivity index (χ0n) is 17.2. The molecule has 0 bridgehead atoms. The first-order valence-electron chi connectivity index (χ1n) is 9.19. The molecule has 0 spiro atoms. The molecule has 0 fully saturated rings. The predicted octanol–water partition coefficient (Wildman–Crippen LogP) is 0.934. The molecule has 15 heteroatoms. The van der Waals surface area contributed by atoms with Crippen LogP contribution in [0.3, 0.4) is 0 Å². The Morgan fingerprint density at radius 3 is 2.32 bits per heavy atom. The van der Waals surface area contributed by atoms with Gasteiger partial charge in [0.2, 0.25) is 11.9 Å². The van der Waals surface area contributed by atoms with Gasteiger partial charge in [0.05, 0.1) is 17.0 Å². The summed E-state index contributed by atoms with van der Waals surface area (Å²) >= 11 is 0. The van der Waals surface area contributed by atoms with Gasteiger partial charge in [-0.15, -0.1) is 0 Å². The van der Waals surface area contributed by atoms with Gasteiger partial charge in [0, 0.05) is 5.69 Å². The Morgan fingerprint density at radius 1 is 1.15 bits per heavy atom. The number of oxime groups is 1. The van der Waals surface area contributed by atoms with Crippen molar-refractivity contribution in [3.8, 4) is 0 Å². The monoisotopic (exact) mass is 506 g/mol. The number of amides is 1. The van der Waals surface area contributed by atoms with Crippen LogP contribution in [0.1, 0.15) is 18.7 Å². The largest absolute Gasteiger partial charge is 0.416 e. The molecular formula is C19H25F3N6O5S. The zero-order valence-corrected chi connectivity index (χ0v) is 18.0. The van der Waals surface area contributed by atoms with Crippen molar-refractivity contribution in [1.29, 1.82) is 0 Å². The van der Waals surface area contributed by atoms with Crippen LogP contribution in [-0.2, 0) is 32.4 Å². The van der Waals surface area contributed by atoms with E-state index in [1.165, 1.54) is 19.1 Å². The minimum Gasteiger partial charge on any atom is -0.391 e. The first-order valence-corrected chi connectivity index (χ1v) is 10.7. The smallest absolute Gasteiger partial charge is 0.391 e. The minimum absolute atomic E-state index is 0. The van der Waals surface area contributed by atoms with Crippen LogP contribution in [0, 0.1) is 6.92 Å². The highest BCUT2D eigenvalue weighted by atomic mass is 32.2. The fourth-order valence-corrected chi connectivity index (χ4v) is 3.58. The Hall–Kier alpha value is -3.75. The van der Waals surface area contributed by atoms with Crippen molar-refractivity contribution in [2.45, 2.75) is 32.0 Å². The highest BCUT2D eigenvalue weighted by Gasteiger charge is 2.30. The van der Waals surface area contributed by atoms with Gasteiger partial charge in [0.25, 0.3) is 15.6 Å². The number of carbonyl (C=O) groups is 1. The van der Waals surface area contributed by atoms with E-state index in [1.807, 2.05) is 4.72 Å². The highest BCUT2D eigenvalue weighted by molar-refractivity contribution is 7.92. The second kappa shape index (κ2) is 11.4. The number of aromatic nitrogens is 1. The van der Waals surface area contributed by atoms with Gasteiger partial charge in [-0.2, -0.15) is 13.2 Å². The number of benzene rings is 1. The average molecular weight is 507 g/mol. The number of aryl methyl sites for hydroxylation is 1. The summed E-state index contributed by atoms with van der Waals surface area (Å²) < 4.78 is 66.2. The number of hydrogen-bond acceptors (Lipinski definition) is 6. The number of halogens is 3. The lowest BCUT2D eigenvalue weighted by Gasteiger charge is -2.14. The molecule has 2 rings (SSSR count). The van der Waals surface area contributed by atoms with Crippen LogP contribution in [-0.4, -0.2) is 38.0 Å². The van der Waals surface area contributed by atoms with E-state index >= 15 is 0 Å². The van der Waals surface area contributed by atoms with Gasteiger partial charge in [-0.05, 0) is 48.5 Å². The number of nitrogens with one attached hydrogen (secondary N) is 2. The van der Waals surface area contributed by atoms with Crippen molar-refractivity contribution in [2.24, 2.45) is 16.6 Å². The van der Waals surface area contributed by atoms with Gasteiger partial charge in [-0.1, -0.05) is 7.43 Å². The molecule has 0 aliphatic rings. The minimum atomic E-state index is -4.63. The van der Waals surface area contributed by atoms with Crippen molar-refractivity contribution in [1.82, 2.24) is 9.88 Å². The van der Waals surface area contributed by atoms with Crippen LogP contribution in [0.5, 0.6) is 0 Å². The first kappa shape index (κ1) is 28.3. The summed E-state index contributed by atoms with van der Waals surface area (Å²) in [7, 11) is -4.36. The number of nitrogens with zero attached hydrogens (tertiary/aromatic N) is 2. The maximum atomic E-state index is 12.7. The molecule has 6 N–H and O–H groups in total. The van der Waals surface area contributed by atoms with E-state index in [-0.39, 0.29) is 32.2 Å². The molecule has 0 aliphatic carbocycles. The van der Waals surface area contributed by atoms with Crippen molar-refractivity contribution in [3.05, 3.63) is 58.0 Å². The Balaban J connectivity index is 0.00000578. The van der Waals surface area contributed by atoms with Gasteiger partial charge in [0.1, 0.15) is 18.8 Å². The molecule has 11 nitrogen and oxygen atoms in total. The van der Waals surface area contributed by atoms with Crippen LogP contribution in [0.15, 0.2) is 51.2 Å². The van der Waals surface area contributed by atoms with Crippen molar-refractivity contribution >= 4 is 27.6 Å². The van der Waals surface area contributed by atoms with Crippen LogP contribution >= 0.6 is 0 Å². The van der Waals surface area contributed by atoms with Crippen molar-refractivity contribution < 1.29 is 31.2 Å². The lowest BCUT2D eigenvalue weighted by molar-refractivity contribution is -0.137. The van der Waals surface area contributed by atoms with Gasteiger partial charge in [-0.3, -0.25) is 14.3 Å². The summed E-state index contributed by atoms with van der Waals surface area (Å²) in [6.45, 7) is 1.10. The fraction of sp³-hybridized carbons (Fsp3) is 0.316. The Morgan fingerprint density at radius 2 is 1.76 bits per heavy atom. The predicted molar refractivity (Wildman–Crippen MR) is 119 cm³/mol. The number of rotatable bonds is 9. The summed E-state index contributed by atoms with van der Waals surface area (Å²) in [5, 5.41) is 5.73. The third-order valence-corrected chi connectivity index (χ3v) is 5.50. The topological polar surface area (TPSA) is 171 Å². The molecule has 1 aromatic heterocycles. The summed E-state index contributed by atoms with van der Waals surface area (Å²) in [5.74, 6) is -0.865. The molecule has 1 amide bonds. The van der Waals surface area contributed by atoms with Crippen molar-refractivity contribution in [2.75, 3.05) is 17.9 Å². The normalized spacial score (nSPS) is 11.2. The maximum Gasteiger partial charge on any atom is 0.416 e. The molecule has 0 saturated heterocycles. The van der Waals surface area contributed by atoms with Crippen LogP contribution < -0.4 is 27.1 Å². The second-order valence-electron chi connectivity index (χ2n) is 6.61. The van der Waals surface area contributed by atoms with E-state index in [9.17, 15) is 31.2 Å². The molecule has 2 aromatic rings. The van der Waals surface area contributed by atoms with E-state index in [4.69, 9.17) is 16.3 Å². The molecule has 0 aliphatic heterocycles. The Labute approximate surface area is 193 Å². The van der Waals surface area contributed by atoms with E-state index in [1.54, 1.807) is 0 Å². The summed E-state index contributed by atoms with van der Waals surface area (Å²) in [5.41, 5.74) is 8.28. The number of carbonyl (C=O) groups excluding carboxylic acids is 1. The molecule has 0 saturated carbocycles. The maximum absolute atomic E-state index is 12.7. The standard InChI is InChI=1S/C18H21F3N6O5S.CH4/c1-11-2-7-14(16(29)27(11)10-15(28)24-8-9-32-25-17(22)23)26-33(30,31)13-5-3-12(4-6-13)18(19,20)21;/h2-7,26H,8-10H2,1H3,(H,24,28)(H4,22,23,25);1H4. The Bertz CT molecular complexity index is 1190. The second-order valence-corrected chi connectivity index (χ2v) is 8.29. The number of hydrogen-bond donors (Lipinski definition) is 4. The van der Waals surface area contributed by atoms with E-state index in [0.29, 0.717) is 17.8 Å². The van der Waals surface area contributed by atoms with Crippen LogP contribution in [0.2, 0.25) is 0 Å². The molecule has 1 aromatic carbocycles. The third-order valence-electron chi connectivity index (χ3n) is 4.12.